The molecule has 3 rings (SSSR count). The first-order valence-corrected chi connectivity index (χ1v) is 12.2. The van der Waals surface area contributed by atoms with Crippen LogP contribution in [0.3, 0.4) is 0 Å². The molecule has 28 heavy (non-hydrogen) atoms. The van der Waals surface area contributed by atoms with E-state index in [0.717, 1.165) is 23.2 Å². The largest absolute Gasteiger partial charge is 0.382 e. The molecular weight excluding hydrogens is 415 g/mol. The van der Waals surface area contributed by atoms with Crippen molar-refractivity contribution >= 4 is 38.7 Å². The highest BCUT2D eigenvalue weighted by Crippen LogP contribution is 2.44. The lowest BCUT2D eigenvalue weighted by Crippen LogP contribution is -2.54. The Morgan fingerprint density at radius 2 is 1.86 bits per heavy atom. The first kappa shape index (κ1) is 21.4. The van der Waals surface area contributed by atoms with Crippen LogP contribution in [-0.2, 0) is 21.8 Å². The van der Waals surface area contributed by atoms with Gasteiger partial charge in [0.2, 0.25) is 0 Å². The van der Waals surface area contributed by atoms with Crippen molar-refractivity contribution in [2.24, 2.45) is 0 Å². The Bertz CT molecular complexity index is 963. The number of fused-ring (bicyclic) bond motifs is 1. The Morgan fingerprint density at radius 1 is 1.14 bits per heavy atom. The van der Waals surface area contributed by atoms with Crippen molar-refractivity contribution < 1.29 is 8.42 Å². The van der Waals surface area contributed by atoms with Gasteiger partial charge in [-0.1, -0.05) is 41.4 Å². The fraction of sp³-hybridized carbons (Fsp3) is 0.429. The standard InChI is InChI=1S/C21H26Cl2N2O2S/c1-15(2)25(9-10-28(3,26)27)21(13-16-5-4-6-17(22)11-16)14-24-20-12-18(23)7-8-19(20)21/h4-8,11-12,15,24H,9-10,13-14H2,1-3H3. The first-order valence-electron chi connectivity index (χ1n) is 9.33. The number of nitrogens with zero attached hydrogens (tertiary/aromatic N) is 1. The SMILES string of the molecule is CC(C)N(CCS(C)(=O)=O)C1(Cc2cccc(Cl)c2)CNc2cc(Cl)ccc21. The minimum absolute atomic E-state index is 0.116. The molecule has 1 aliphatic rings. The topological polar surface area (TPSA) is 49.4 Å². The van der Waals surface area contributed by atoms with Crippen LogP contribution >= 0.6 is 23.2 Å². The highest BCUT2D eigenvalue weighted by molar-refractivity contribution is 7.90. The fourth-order valence-electron chi connectivity index (χ4n) is 4.14. The van der Waals surface area contributed by atoms with Crippen molar-refractivity contribution in [3.05, 3.63) is 63.6 Å². The normalized spacial score (nSPS) is 19.1. The monoisotopic (exact) mass is 440 g/mol. The molecular formula is C21H26Cl2N2O2S. The van der Waals surface area contributed by atoms with Gasteiger partial charge < -0.3 is 5.32 Å². The first-order chi connectivity index (χ1) is 13.1. The van der Waals surface area contributed by atoms with Crippen LogP contribution in [0.25, 0.3) is 0 Å². The second kappa shape index (κ2) is 8.23. The van der Waals surface area contributed by atoms with Crippen molar-refractivity contribution in [3.63, 3.8) is 0 Å². The highest BCUT2D eigenvalue weighted by Gasteiger charge is 2.45. The van der Waals surface area contributed by atoms with Gasteiger partial charge in [0.15, 0.2) is 0 Å². The van der Waals surface area contributed by atoms with Gasteiger partial charge in [-0.2, -0.15) is 0 Å². The maximum absolute atomic E-state index is 11.9. The van der Waals surface area contributed by atoms with E-state index in [1.165, 1.54) is 6.26 Å². The third-order valence-corrected chi connectivity index (χ3v) is 6.71. The number of rotatable bonds is 7. The van der Waals surface area contributed by atoms with Gasteiger partial charge in [-0.15, -0.1) is 0 Å². The summed E-state index contributed by atoms with van der Waals surface area (Å²) in [5.74, 6) is 0.116. The third-order valence-electron chi connectivity index (χ3n) is 5.32. The number of halogens is 2. The number of sulfone groups is 1. The Kier molecular flexibility index (Phi) is 6.30. The minimum Gasteiger partial charge on any atom is -0.382 e. The van der Waals surface area contributed by atoms with Gasteiger partial charge in [0.05, 0.1) is 11.3 Å². The Labute approximate surface area is 177 Å². The summed E-state index contributed by atoms with van der Waals surface area (Å²) < 4.78 is 23.8. The predicted octanol–water partition coefficient (Wildman–Crippen LogP) is 4.61. The molecule has 1 unspecified atom stereocenters. The number of hydrogen-bond acceptors (Lipinski definition) is 4. The van der Waals surface area contributed by atoms with E-state index in [0.29, 0.717) is 23.1 Å². The van der Waals surface area contributed by atoms with E-state index in [4.69, 9.17) is 23.2 Å². The van der Waals surface area contributed by atoms with Crippen molar-refractivity contribution in [3.8, 4) is 0 Å². The third kappa shape index (κ3) is 4.65. The lowest BCUT2D eigenvalue weighted by Gasteiger charge is -2.44. The Hall–Kier alpha value is -1.27. The molecule has 1 aliphatic heterocycles. The number of hydrogen-bond donors (Lipinski definition) is 1. The van der Waals surface area contributed by atoms with Crippen LogP contribution in [0, 0.1) is 0 Å². The van der Waals surface area contributed by atoms with E-state index < -0.39 is 9.84 Å². The molecule has 2 aromatic rings. The molecule has 152 valence electrons. The molecule has 0 saturated carbocycles. The second-order valence-corrected chi connectivity index (χ2v) is 10.9. The van der Waals surface area contributed by atoms with Gasteiger partial charge in [-0.05, 0) is 55.7 Å². The average Bonchev–Trinajstić information content (AvgIpc) is 2.92. The molecule has 1 heterocycles. The molecule has 0 saturated heterocycles. The van der Waals surface area contributed by atoms with Crippen LogP contribution in [0.5, 0.6) is 0 Å². The van der Waals surface area contributed by atoms with Gasteiger partial charge >= 0.3 is 0 Å². The summed E-state index contributed by atoms with van der Waals surface area (Å²) in [5.41, 5.74) is 2.87. The van der Waals surface area contributed by atoms with Gasteiger partial charge in [0.1, 0.15) is 9.84 Å². The number of nitrogens with one attached hydrogen (secondary N) is 1. The van der Waals surface area contributed by atoms with Crippen LogP contribution in [-0.4, -0.2) is 44.5 Å². The van der Waals surface area contributed by atoms with E-state index in [1.54, 1.807) is 0 Å². The molecule has 7 heteroatoms. The van der Waals surface area contributed by atoms with Crippen LogP contribution < -0.4 is 5.32 Å². The molecule has 0 fully saturated rings. The molecule has 2 aromatic carbocycles. The molecule has 0 spiro atoms. The Morgan fingerprint density at radius 3 is 2.50 bits per heavy atom. The summed E-state index contributed by atoms with van der Waals surface area (Å²) >= 11 is 12.4. The van der Waals surface area contributed by atoms with Gasteiger partial charge in [0.25, 0.3) is 0 Å². The molecule has 4 nitrogen and oxygen atoms in total. The second-order valence-electron chi connectivity index (χ2n) is 7.80. The van der Waals surface area contributed by atoms with Crippen LogP contribution in [0.15, 0.2) is 42.5 Å². The van der Waals surface area contributed by atoms with Crippen LogP contribution in [0.2, 0.25) is 10.0 Å². The molecule has 0 aromatic heterocycles. The van der Waals surface area contributed by atoms with Gasteiger partial charge in [-0.3, -0.25) is 4.90 Å². The van der Waals surface area contributed by atoms with Crippen molar-refractivity contribution in [2.75, 3.05) is 30.4 Å². The minimum atomic E-state index is -3.08. The van der Waals surface area contributed by atoms with E-state index in [2.05, 4.69) is 36.2 Å². The highest BCUT2D eigenvalue weighted by atomic mass is 35.5. The summed E-state index contributed by atoms with van der Waals surface area (Å²) in [5, 5.41) is 4.86. The molecule has 0 radical (unpaired) electrons. The maximum Gasteiger partial charge on any atom is 0.148 e. The lowest BCUT2D eigenvalue weighted by molar-refractivity contribution is 0.0750. The van der Waals surface area contributed by atoms with Crippen molar-refractivity contribution in [2.45, 2.75) is 31.8 Å². The number of benzene rings is 2. The molecule has 1 atom stereocenters. The van der Waals surface area contributed by atoms with E-state index in [-0.39, 0.29) is 17.3 Å². The summed E-state index contributed by atoms with van der Waals surface area (Å²) in [6, 6.07) is 13.9. The predicted molar refractivity (Wildman–Crippen MR) is 118 cm³/mol. The molecule has 0 aliphatic carbocycles. The van der Waals surface area contributed by atoms with E-state index in [9.17, 15) is 8.42 Å². The summed E-state index contributed by atoms with van der Waals surface area (Å²) in [6.07, 6.45) is 2.01. The van der Waals surface area contributed by atoms with E-state index in [1.807, 2.05) is 30.3 Å². The van der Waals surface area contributed by atoms with Crippen LogP contribution in [0.4, 0.5) is 5.69 Å². The van der Waals surface area contributed by atoms with Gasteiger partial charge in [-0.25, -0.2) is 8.42 Å². The number of anilines is 1. The molecule has 0 amide bonds. The van der Waals surface area contributed by atoms with Crippen LogP contribution in [0.1, 0.15) is 25.0 Å². The Balaban J connectivity index is 2.09. The molecule has 0 bridgehead atoms. The lowest BCUT2D eigenvalue weighted by atomic mass is 9.82. The summed E-state index contributed by atoms with van der Waals surface area (Å²) in [6.45, 7) is 5.35. The molecule has 1 N–H and O–H groups in total. The zero-order valence-electron chi connectivity index (χ0n) is 16.4. The van der Waals surface area contributed by atoms with Gasteiger partial charge in [0, 0.05) is 41.1 Å². The van der Waals surface area contributed by atoms with E-state index >= 15 is 0 Å². The smallest absolute Gasteiger partial charge is 0.148 e. The van der Waals surface area contributed by atoms with Crippen molar-refractivity contribution in [1.29, 1.82) is 0 Å². The average molecular weight is 441 g/mol. The summed E-state index contributed by atoms with van der Waals surface area (Å²) in [7, 11) is -3.08. The zero-order valence-corrected chi connectivity index (χ0v) is 18.7. The zero-order chi connectivity index (χ0) is 20.5. The fourth-order valence-corrected chi connectivity index (χ4v) is 5.05. The van der Waals surface area contributed by atoms with Crippen molar-refractivity contribution in [1.82, 2.24) is 4.90 Å². The quantitative estimate of drug-likeness (QED) is 0.682. The summed E-state index contributed by atoms with van der Waals surface area (Å²) in [4.78, 5) is 2.29. The maximum atomic E-state index is 11.9.